The molecule has 2 aromatic rings. The fourth-order valence-corrected chi connectivity index (χ4v) is 3.84. The summed E-state index contributed by atoms with van der Waals surface area (Å²) in [5.74, 6) is 0.971. The first-order valence-corrected chi connectivity index (χ1v) is 12.4. The lowest BCUT2D eigenvalue weighted by Crippen LogP contribution is -2.22. The summed E-state index contributed by atoms with van der Waals surface area (Å²) >= 11 is 1.75. The zero-order valence-corrected chi connectivity index (χ0v) is 18.1. The number of H-pyrrole nitrogens is 1. The molecule has 0 aromatic carbocycles. The summed E-state index contributed by atoms with van der Waals surface area (Å²) in [7, 11) is 0. The number of anilines is 1. The van der Waals surface area contributed by atoms with Crippen LogP contribution in [0.15, 0.2) is 18.6 Å². The molecule has 27 heavy (non-hydrogen) atoms. The second kappa shape index (κ2) is 13.9. The highest BCUT2D eigenvalue weighted by Gasteiger charge is 2.14. The quantitative estimate of drug-likeness (QED) is 0.592. The summed E-state index contributed by atoms with van der Waals surface area (Å²) in [5, 5.41) is 4.63. The predicted molar refractivity (Wildman–Crippen MR) is 121 cm³/mol. The zero-order chi connectivity index (χ0) is 19.2. The molecule has 2 aromatic heterocycles. The number of aromatic amines is 1. The standard InChI is InChI=1S/C12H16N4.C8H16.C2H6S/c1-2-4-9(5-3-1)16-12-10-6-7-13-11(10)14-8-15-12;1-2-4-6-8-7-5-3-1;1-3-2/h6-9H,1-5H2,(H2,13,14,15,16);1-8H2;1-2H3. The van der Waals surface area contributed by atoms with Crippen molar-refractivity contribution in [1.82, 2.24) is 15.0 Å². The van der Waals surface area contributed by atoms with E-state index in [2.05, 4.69) is 20.3 Å². The molecule has 4 rings (SSSR count). The molecule has 2 N–H and O–H groups in total. The summed E-state index contributed by atoms with van der Waals surface area (Å²) in [6, 6.07) is 2.61. The highest BCUT2D eigenvalue weighted by Crippen LogP contribution is 2.24. The molecule has 0 aliphatic heterocycles. The Morgan fingerprint density at radius 1 is 0.852 bits per heavy atom. The first-order chi connectivity index (χ1) is 13.3. The minimum absolute atomic E-state index is 0.585. The summed E-state index contributed by atoms with van der Waals surface area (Å²) in [4.78, 5) is 11.6. The van der Waals surface area contributed by atoms with Crippen LogP contribution in [0.25, 0.3) is 11.0 Å². The van der Waals surface area contributed by atoms with Crippen molar-refractivity contribution in [2.75, 3.05) is 17.8 Å². The van der Waals surface area contributed by atoms with Gasteiger partial charge in [-0.1, -0.05) is 70.6 Å². The molecule has 0 saturated heterocycles. The van der Waals surface area contributed by atoms with Gasteiger partial charge in [0.25, 0.3) is 0 Å². The van der Waals surface area contributed by atoms with Gasteiger partial charge in [0.15, 0.2) is 0 Å². The molecule has 5 heteroatoms. The molecule has 0 radical (unpaired) electrons. The number of thioether (sulfide) groups is 1. The van der Waals surface area contributed by atoms with Gasteiger partial charge in [0, 0.05) is 12.2 Å². The van der Waals surface area contributed by atoms with E-state index in [-0.39, 0.29) is 0 Å². The third-order valence-corrected chi connectivity index (χ3v) is 5.30. The van der Waals surface area contributed by atoms with E-state index in [0.717, 1.165) is 16.9 Å². The molecule has 0 amide bonds. The van der Waals surface area contributed by atoms with Gasteiger partial charge in [0.05, 0.1) is 5.39 Å². The van der Waals surface area contributed by atoms with Gasteiger partial charge in [0.2, 0.25) is 0 Å². The van der Waals surface area contributed by atoms with E-state index >= 15 is 0 Å². The SMILES string of the molecule is C1CCCCCCC1.CSC.c1nc(NC2CCCCC2)c2cc[nH]c2n1. The maximum Gasteiger partial charge on any atom is 0.142 e. The second-order valence-electron chi connectivity index (χ2n) is 7.68. The van der Waals surface area contributed by atoms with Crippen molar-refractivity contribution in [3.63, 3.8) is 0 Å². The van der Waals surface area contributed by atoms with Crippen molar-refractivity contribution >= 4 is 28.6 Å². The van der Waals surface area contributed by atoms with Crippen LogP contribution in [0, 0.1) is 0 Å². The van der Waals surface area contributed by atoms with E-state index < -0.39 is 0 Å². The van der Waals surface area contributed by atoms with Gasteiger partial charge in [-0.25, -0.2) is 9.97 Å². The second-order valence-corrected chi connectivity index (χ2v) is 8.49. The summed E-state index contributed by atoms with van der Waals surface area (Å²) in [6.07, 6.45) is 26.2. The maximum absolute atomic E-state index is 4.33. The number of aromatic nitrogens is 3. The molecule has 152 valence electrons. The molecule has 0 spiro atoms. The highest BCUT2D eigenvalue weighted by atomic mass is 32.2. The Bertz CT molecular complexity index is 583. The molecule has 2 heterocycles. The normalized spacial score (nSPS) is 18.3. The maximum atomic E-state index is 4.33. The van der Waals surface area contributed by atoms with Crippen LogP contribution < -0.4 is 5.32 Å². The van der Waals surface area contributed by atoms with E-state index in [9.17, 15) is 0 Å². The Balaban J connectivity index is 0.000000200. The van der Waals surface area contributed by atoms with E-state index in [1.807, 2.05) is 24.8 Å². The van der Waals surface area contributed by atoms with Crippen molar-refractivity contribution in [2.45, 2.75) is 89.5 Å². The molecule has 2 fully saturated rings. The number of nitrogens with zero attached hydrogens (tertiary/aromatic N) is 2. The van der Waals surface area contributed by atoms with Crippen LogP contribution in [0.1, 0.15) is 83.5 Å². The molecule has 0 unspecified atom stereocenters. The van der Waals surface area contributed by atoms with Crippen LogP contribution >= 0.6 is 11.8 Å². The molecule has 2 saturated carbocycles. The largest absolute Gasteiger partial charge is 0.367 e. The Morgan fingerprint density at radius 3 is 1.93 bits per heavy atom. The number of hydrogen-bond acceptors (Lipinski definition) is 4. The first kappa shape index (κ1) is 22.1. The summed E-state index contributed by atoms with van der Waals surface area (Å²) in [6.45, 7) is 0. The van der Waals surface area contributed by atoms with Crippen molar-refractivity contribution < 1.29 is 0 Å². The van der Waals surface area contributed by atoms with Crippen molar-refractivity contribution in [3.05, 3.63) is 18.6 Å². The smallest absolute Gasteiger partial charge is 0.142 e. The topological polar surface area (TPSA) is 53.6 Å². The van der Waals surface area contributed by atoms with Crippen LogP contribution in [-0.4, -0.2) is 33.5 Å². The number of rotatable bonds is 2. The van der Waals surface area contributed by atoms with E-state index in [4.69, 9.17) is 0 Å². The zero-order valence-electron chi connectivity index (χ0n) is 17.3. The lowest BCUT2D eigenvalue weighted by molar-refractivity contribution is 0.462. The van der Waals surface area contributed by atoms with Crippen LogP contribution in [0.4, 0.5) is 5.82 Å². The Morgan fingerprint density at radius 2 is 1.37 bits per heavy atom. The van der Waals surface area contributed by atoms with Crippen LogP contribution in [0.5, 0.6) is 0 Å². The van der Waals surface area contributed by atoms with Gasteiger partial charge >= 0.3 is 0 Å². The van der Waals surface area contributed by atoms with Crippen LogP contribution in [0.3, 0.4) is 0 Å². The monoisotopic (exact) mass is 390 g/mol. The van der Waals surface area contributed by atoms with Gasteiger partial charge < -0.3 is 10.3 Å². The van der Waals surface area contributed by atoms with Crippen molar-refractivity contribution in [3.8, 4) is 0 Å². The van der Waals surface area contributed by atoms with E-state index in [1.165, 1.54) is 83.5 Å². The van der Waals surface area contributed by atoms with E-state index in [0.29, 0.717) is 6.04 Å². The average molecular weight is 391 g/mol. The summed E-state index contributed by atoms with van der Waals surface area (Å²) in [5.41, 5.74) is 0.910. The molecular weight excluding hydrogens is 352 g/mol. The minimum atomic E-state index is 0.585. The van der Waals surface area contributed by atoms with E-state index in [1.54, 1.807) is 18.1 Å². The van der Waals surface area contributed by atoms with Gasteiger partial charge in [-0.15, -0.1) is 0 Å². The van der Waals surface area contributed by atoms with Gasteiger partial charge in [-0.05, 0) is 31.4 Å². The number of fused-ring (bicyclic) bond motifs is 1. The molecule has 2 aliphatic rings. The molecule has 2 aliphatic carbocycles. The highest BCUT2D eigenvalue weighted by molar-refractivity contribution is 7.97. The lowest BCUT2D eigenvalue weighted by Gasteiger charge is -2.23. The first-order valence-electron chi connectivity index (χ1n) is 10.8. The Labute approximate surface area is 169 Å². The van der Waals surface area contributed by atoms with Gasteiger partial charge in [-0.2, -0.15) is 11.8 Å². The van der Waals surface area contributed by atoms with Gasteiger partial charge in [-0.3, -0.25) is 0 Å². The van der Waals surface area contributed by atoms with Crippen molar-refractivity contribution in [1.29, 1.82) is 0 Å². The minimum Gasteiger partial charge on any atom is -0.367 e. The number of nitrogens with one attached hydrogen (secondary N) is 2. The molecule has 0 atom stereocenters. The molecular formula is C22H38N4S. The number of hydrogen-bond donors (Lipinski definition) is 2. The third kappa shape index (κ3) is 8.54. The Hall–Kier alpha value is -1.23. The van der Waals surface area contributed by atoms with Crippen LogP contribution in [0.2, 0.25) is 0 Å². The fourth-order valence-electron chi connectivity index (χ4n) is 3.84. The predicted octanol–water partition coefficient (Wildman–Crippen LogP) is 6.80. The summed E-state index contributed by atoms with van der Waals surface area (Å²) < 4.78 is 0. The molecule has 4 nitrogen and oxygen atoms in total. The Kier molecular flexibility index (Phi) is 11.3. The molecule has 0 bridgehead atoms. The third-order valence-electron chi connectivity index (χ3n) is 5.30. The van der Waals surface area contributed by atoms with Gasteiger partial charge in [0.1, 0.15) is 17.8 Å². The van der Waals surface area contributed by atoms with Crippen molar-refractivity contribution in [2.24, 2.45) is 0 Å². The lowest BCUT2D eigenvalue weighted by atomic mass is 9.95. The average Bonchev–Trinajstić information content (AvgIpc) is 3.13. The fraction of sp³-hybridized carbons (Fsp3) is 0.727. The van der Waals surface area contributed by atoms with Crippen LogP contribution in [-0.2, 0) is 0 Å².